The van der Waals surface area contributed by atoms with E-state index in [1.54, 1.807) is 48.5 Å². The van der Waals surface area contributed by atoms with Gasteiger partial charge in [0.2, 0.25) is 5.91 Å². The number of carbonyl (C=O) groups excluding carboxylic acids is 2. The Morgan fingerprint density at radius 3 is 2.27 bits per heavy atom. The van der Waals surface area contributed by atoms with Crippen LogP contribution in [0.3, 0.4) is 0 Å². The van der Waals surface area contributed by atoms with Crippen molar-refractivity contribution in [2.45, 2.75) is 19.8 Å². The molecule has 7 heteroatoms. The molecule has 0 aliphatic rings. The summed E-state index contributed by atoms with van der Waals surface area (Å²) in [4.78, 5) is 24.0. The van der Waals surface area contributed by atoms with Crippen LogP contribution in [0.2, 0.25) is 0 Å². The van der Waals surface area contributed by atoms with Gasteiger partial charge in [0.15, 0.2) is 5.96 Å². The Hall–Kier alpha value is -3.35. The van der Waals surface area contributed by atoms with Gasteiger partial charge >= 0.3 is 5.97 Å². The molecule has 0 radical (unpaired) electrons. The van der Waals surface area contributed by atoms with Crippen molar-refractivity contribution < 1.29 is 14.3 Å². The first-order chi connectivity index (χ1) is 12.4. The van der Waals surface area contributed by atoms with Gasteiger partial charge in [-0.05, 0) is 55.8 Å². The number of hydrogen-bond donors (Lipinski definition) is 4. The van der Waals surface area contributed by atoms with Crippen molar-refractivity contribution in [1.29, 1.82) is 5.41 Å². The lowest BCUT2D eigenvalue weighted by Crippen LogP contribution is -2.27. The van der Waals surface area contributed by atoms with Crippen molar-refractivity contribution in [3.8, 4) is 5.75 Å². The summed E-state index contributed by atoms with van der Waals surface area (Å²) < 4.78 is 5.34. The van der Waals surface area contributed by atoms with Crippen molar-refractivity contribution in [3.05, 3.63) is 59.7 Å². The Morgan fingerprint density at radius 2 is 1.73 bits per heavy atom. The largest absolute Gasteiger partial charge is 0.423 e. The van der Waals surface area contributed by atoms with Crippen LogP contribution >= 0.6 is 0 Å². The number of likely N-dealkylation sites (N-methyl/N-ethyl adjacent to an activating group) is 1. The highest BCUT2D eigenvalue weighted by Crippen LogP contribution is 2.20. The molecule has 26 heavy (non-hydrogen) atoms. The fourth-order valence-electron chi connectivity index (χ4n) is 2.31. The van der Waals surface area contributed by atoms with E-state index >= 15 is 0 Å². The fraction of sp³-hybridized carbons (Fsp3) is 0.211. The van der Waals surface area contributed by atoms with Crippen molar-refractivity contribution >= 4 is 23.5 Å². The molecule has 0 heterocycles. The number of amides is 1. The second-order valence-corrected chi connectivity index (χ2v) is 5.69. The van der Waals surface area contributed by atoms with Gasteiger partial charge in [-0.3, -0.25) is 10.2 Å². The quantitative estimate of drug-likeness (QED) is 0.275. The van der Waals surface area contributed by atoms with Crippen LogP contribution in [0, 0.1) is 5.41 Å². The Kier molecular flexibility index (Phi) is 6.32. The third kappa shape index (κ3) is 5.07. The maximum atomic E-state index is 12.2. The van der Waals surface area contributed by atoms with Gasteiger partial charge in [0.05, 0.1) is 11.5 Å². The second-order valence-electron chi connectivity index (χ2n) is 5.69. The molecule has 0 aliphatic carbocycles. The number of hydrogen-bond acceptors (Lipinski definition) is 4. The minimum atomic E-state index is -0.496. The van der Waals surface area contributed by atoms with Crippen molar-refractivity contribution in [2.75, 3.05) is 11.9 Å². The molecule has 1 amide bonds. The number of guanidine groups is 1. The minimum absolute atomic E-state index is 0.0449. The predicted octanol–water partition coefficient (Wildman–Crippen LogP) is 2.45. The van der Waals surface area contributed by atoms with Crippen molar-refractivity contribution in [3.63, 3.8) is 0 Å². The Bertz CT molecular complexity index is 785. The van der Waals surface area contributed by atoms with E-state index < -0.39 is 5.97 Å². The van der Waals surface area contributed by atoms with E-state index in [1.807, 2.05) is 13.8 Å². The van der Waals surface area contributed by atoms with Crippen LogP contribution in [0.25, 0.3) is 0 Å². The molecule has 2 rings (SSSR count). The molecule has 136 valence electrons. The Labute approximate surface area is 152 Å². The molecule has 0 saturated carbocycles. The first-order valence-electron chi connectivity index (χ1n) is 8.21. The van der Waals surface area contributed by atoms with Gasteiger partial charge in [-0.1, -0.05) is 12.1 Å². The zero-order chi connectivity index (χ0) is 19.1. The van der Waals surface area contributed by atoms with E-state index in [2.05, 4.69) is 10.6 Å². The van der Waals surface area contributed by atoms with Crippen LogP contribution in [-0.4, -0.2) is 24.4 Å². The first kappa shape index (κ1) is 19.0. The molecular weight excluding hydrogens is 332 g/mol. The molecule has 1 atom stereocenters. The molecule has 2 aromatic carbocycles. The number of rotatable bonds is 6. The second kappa shape index (κ2) is 8.66. The highest BCUT2D eigenvalue weighted by atomic mass is 16.5. The lowest BCUT2D eigenvalue weighted by Gasteiger charge is -2.12. The normalized spacial score (nSPS) is 11.3. The molecule has 7 nitrogen and oxygen atoms in total. The van der Waals surface area contributed by atoms with Gasteiger partial charge < -0.3 is 21.1 Å². The summed E-state index contributed by atoms with van der Waals surface area (Å²) in [6.07, 6.45) is 0. The molecule has 0 spiro atoms. The van der Waals surface area contributed by atoms with E-state index in [0.717, 1.165) is 5.56 Å². The maximum Gasteiger partial charge on any atom is 0.343 e. The molecule has 0 aromatic heterocycles. The smallest absolute Gasteiger partial charge is 0.343 e. The average molecular weight is 354 g/mol. The number of nitrogens with one attached hydrogen (secondary N) is 3. The summed E-state index contributed by atoms with van der Waals surface area (Å²) in [6, 6.07) is 13.3. The van der Waals surface area contributed by atoms with Crippen LogP contribution in [0.1, 0.15) is 35.7 Å². The molecule has 0 fully saturated rings. The summed E-state index contributed by atoms with van der Waals surface area (Å²) in [6.45, 7) is 4.28. The fourth-order valence-corrected chi connectivity index (χ4v) is 2.31. The SMILES string of the molecule is CCNC(=O)C(C)c1ccc(OC(=O)c2ccc(NC(=N)N)cc2)cc1. The highest BCUT2D eigenvalue weighted by Gasteiger charge is 2.15. The summed E-state index contributed by atoms with van der Waals surface area (Å²) in [5.41, 5.74) is 7.07. The van der Waals surface area contributed by atoms with Crippen LogP contribution < -0.4 is 21.1 Å². The molecule has 0 aliphatic heterocycles. The van der Waals surface area contributed by atoms with Crippen LogP contribution in [-0.2, 0) is 4.79 Å². The topological polar surface area (TPSA) is 117 Å². The summed E-state index contributed by atoms with van der Waals surface area (Å²) in [5.74, 6) is -0.600. The molecular formula is C19H22N4O3. The number of anilines is 1. The van der Waals surface area contributed by atoms with E-state index in [9.17, 15) is 9.59 Å². The standard InChI is InChI=1S/C19H22N4O3/c1-3-22-17(24)12(2)13-6-10-16(11-7-13)26-18(25)14-4-8-15(9-5-14)23-19(20)21/h4-12H,3H2,1-2H3,(H,22,24)(H4,20,21,23). The highest BCUT2D eigenvalue weighted by molar-refractivity contribution is 5.93. The van der Waals surface area contributed by atoms with E-state index in [0.29, 0.717) is 23.5 Å². The van der Waals surface area contributed by atoms with Crippen LogP contribution in [0.15, 0.2) is 48.5 Å². The van der Waals surface area contributed by atoms with Gasteiger partial charge in [-0.2, -0.15) is 0 Å². The third-order valence-electron chi connectivity index (χ3n) is 3.73. The predicted molar refractivity (Wildman–Crippen MR) is 100 cm³/mol. The summed E-state index contributed by atoms with van der Waals surface area (Å²) in [7, 11) is 0. The van der Waals surface area contributed by atoms with E-state index in [-0.39, 0.29) is 17.8 Å². The van der Waals surface area contributed by atoms with E-state index in [1.165, 1.54) is 0 Å². The first-order valence-corrected chi connectivity index (χ1v) is 8.21. The number of nitrogens with two attached hydrogens (primary N) is 1. The molecule has 5 N–H and O–H groups in total. The maximum absolute atomic E-state index is 12.2. The lowest BCUT2D eigenvalue weighted by molar-refractivity contribution is -0.122. The number of esters is 1. The van der Waals surface area contributed by atoms with Crippen LogP contribution in [0.4, 0.5) is 5.69 Å². The third-order valence-corrected chi connectivity index (χ3v) is 3.73. The molecule has 1 unspecified atom stereocenters. The Morgan fingerprint density at radius 1 is 1.12 bits per heavy atom. The van der Waals surface area contributed by atoms with Crippen LogP contribution in [0.5, 0.6) is 5.75 Å². The minimum Gasteiger partial charge on any atom is -0.423 e. The van der Waals surface area contributed by atoms with Crippen molar-refractivity contribution in [1.82, 2.24) is 5.32 Å². The zero-order valence-electron chi connectivity index (χ0n) is 14.7. The van der Waals surface area contributed by atoms with Gasteiger partial charge in [-0.25, -0.2) is 4.79 Å². The zero-order valence-corrected chi connectivity index (χ0v) is 14.7. The molecule has 2 aromatic rings. The average Bonchev–Trinajstić information content (AvgIpc) is 2.62. The van der Waals surface area contributed by atoms with Gasteiger partial charge in [0.25, 0.3) is 0 Å². The number of ether oxygens (including phenoxy) is 1. The number of benzene rings is 2. The van der Waals surface area contributed by atoms with Gasteiger partial charge in [0.1, 0.15) is 5.75 Å². The Balaban J connectivity index is 2.01. The lowest BCUT2D eigenvalue weighted by atomic mass is 10.0. The monoisotopic (exact) mass is 354 g/mol. The summed E-state index contributed by atoms with van der Waals surface area (Å²) >= 11 is 0. The van der Waals surface area contributed by atoms with Crippen molar-refractivity contribution in [2.24, 2.45) is 5.73 Å². The molecule has 0 saturated heterocycles. The summed E-state index contributed by atoms with van der Waals surface area (Å²) in [5, 5.41) is 12.6. The van der Waals surface area contributed by atoms with Gasteiger partial charge in [-0.15, -0.1) is 0 Å². The van der Waals surface area contributed by atoms with Gasteiger partial charge in [0, 0.05) is 12.2 Å². The van der Waals surface area contributed by atoms with E-state index in [4.69, 9.17) is 15.9 Å². The molecule has 0 bridgehead atoms. The number of carbonyl (C=O) groups is 2.